The van der Waals surface area contributed by atoms with Gasteiger partial charge in [-0.1, -0.05) is 37.3 Å². The van der Waals surface area contributed by atoms with Gasteiger partial charge in [0.2, 0.25) is 0 Å². The molecule has 154 valence electrons. The van der Waals surface area contributed by atoms with Crippen LogP contribution in [0.2, 0.25) is 0 Å². The lowest BCUT2D eigenvalue weighted by Gasteiger charge is -2.17. The minimum Gasteiger partial charge on any atom is -0.383 e. The molecule has 0 bridgehead atoms. The molecule has 1 aliphatic carbocycles. The van der Waals surface area contributed by atoms with Crippen molar-refractivity contribution in [3.05, 3.63) is 71.7 Å². The molecule has 2 heterocycles. The fourth-order valence-corrected chi connectivity index (χ4v) is 3.72. The van der Waals surface area contributed by atoms with Crippen LogP contribution in [0.5, 0.6) is 0 Å². The second kappa shape index (κ2) is 8.09. The summed E-state index contributed by atoms with van der Waals surface area (Å²) < 4.78 is 1.91. The molecular formula is C23H19ClN6O. The van der Waals surface area contributed by atoms with E-state index in [-0.39, 0.29) is 16.9 Å². The second-order valence-electron chi connectivity index (χ2n) is 7.28. The van der Waals surface area contributed by atoms with Crippen LogP contribution < -0.4 is 11.5 Å². The smallest absolute Gasteiger partial charge is 0.259 e. The molecule has 8 heteroatoms. The van der Waals surface area contributed by atoms with E-state index < -0.39 is 5.91 Å². The summed E-state index contributed by atoms with van der Waals surface area (Å²) in [6.45, 7) is 2.06. The highest BCUT2D eigenvalue weighted by Gasteiger charge is 2.21. The molecule has 3 aromatic rings. The Morgan fingerprint density at radius 3 is 2.87 bits per heavy atom. The van der Waals surface area contributed by atoms with E-state index in [2.05, 4.69) is 23.0 Å². The number of hydrogen-bond acceptors (Lipinski definition) is 5. The van der Waals surface area contributed by atoms with Gasteiger partial charge >= 0.3 is 0 Å². The Bertz CT molecular complexity index is 1330. The number of nitrogens with two attached hydrogens (primary N) is 2. The number of benzene rings is 1. The second-order valence-corrected chi connectivity index (χ2v) is 7.79. The van der Waals surface area contributed by atoms with Crippen LogP contribution in [0, 0.1) is 17.2 Å². The third-order valence-corrected chi connectivity index (χ3v) is 5.72. The number of anilines is 1. The molecule has 0 aliphatic heterocycles. The zero-order chi connectivity index (χ0) is 22.1. The van der Waals surface area contributed by atoms with Gasteiger partial charge in [0, 0.05) is 17.4 Å². The van der Waals surface area contributed by atoms with E-state index in [1.54, 1.807) is 6.07 Å². The number of amides is 1. The Balaban J connectivity index is 1.89. The minimum absolute atomic E-state index is 0.0613. The van der Waals surface area contributed by atoms with Crippen LogP contribution in [0.15, 0.2) is 60.6 Å². The number of nitrogens with zero attached hydrogens (tertiary/aromatic N) is 4. The van der Waals surface area contributed by atoms with Crippen molar-refractivity contribution < 1.29 is 4.79 Å². The molecule has 0 saturated heterocycles. The molecule has 2 atom stereocenters. The fraction of sp³-hybridized carbons (Fsp3) is 0.130. The van der Waals surface area contributed by atoms with Crippen molar-refractivity contribution in [2.24, 2.45) is 11.7 Å². The zero-order valence-corrected chi connectivity index (χ0v) is 17.4. The Hall–Kier alpha value is -3.89. The van der Waals surface area contributed by atoms with Gasteiger partial charge in [-0.2, -0.15) is 5.26 Å². The number of carbonyl (C=O) groups excluding carboxylic acids is 1. The van der Waals surface area contributed by atoms with Crippen LogP contribution in [-0.4, -0.2) is 25.8 Å². The number of rotatable bonds is 4. The van der Waals surface area contributed by atoms with Gasteiger partial charge in [-0.15, -0.1) is 11.6 Å². The molecular weight excluding hydrogens is 412 g/mol. The van der Waals surface area contributed by atoms with E-state index in [0.717, 1.165) is 22.2 Å². The quantitative estimate of drug-likeness (QED) is 0.372. The number of nitriles is 1. The van der Waals surface area contributed by atoms with E-state index in [0.29, 0.717) is 17.0 Å². The first-order valence-corrected chi connectivity index (χ1v) is 10.0. The number of fused-ring (bicyclic) bond motifs is 1. The van der Waals surface area contributed by atoms with Crippen LogP contribution in [0.25, 0.3) is 28.4 Å². The number of primary amides is 1. The topological polar surface area (TPSA) is 124 Å². The normalized spacial score (nSPS) is 18.6. The first-order valence-electron chi connectivity index (χ1n) is 9.57. The van der Waals surface area contributed by atoms with Crippen LogP contribution in [-0.2, 0) is 4.79 Å². The molecule has 31 heavy (non-hydrogen) atoms. The van der Waals surface area contributed by atoms with Crippen molar-refractivity contribution in [3.63, 3.8) is 0 Å². The molecule has 0 fully saturated rings. The average Bonchev–Trinajstić information content (AvgIpc) is 3.15. The molecule has 1 aromatic carbocycles. The van der Waals surface area contributed by atoms with Crippen molar-refractivity contribution in [3.8, 4) is 11.8 Å². The van der Waals surface area contributed by atoms with Crippen molar-refractivity contribution >= 4 is 46.0 Å². The minimum atomic E-state index is -0.773. The van der Waals surface area contributed by atoms with Gasteiger partial charge in [-0.25, -0.2) is 9.97 Å². The molecule has 4 rings (SSSR count). The SMILES string of the molecule is CC1C=C(c2cn(-c3cccc(C=C(C#N)C(N)=O)c3)c3ncnc(N)c23)C=CC1Cl. The summed E-state index contributed by atoms with van der Waals surface area (Å²) in [7, 11) is 0. The summed E-state index contributed by atoms with van der Waals surface area (Å²) in [5.41, 5.74) is 15.3. The van der Waals surface area contributed by atoms with Gasteiger partial charge in [0.1, 0.15) is 23.8 Å². The van der Waals surface area contributed by atoms with Gasteiger partial charge in [0.15, 0.2) is 5.65 Å². The summed E-state index contributed by atoms with van der Waals surface area (Å²) in [5.74, 6) is -0.229. The maximum Gasteiger partial charge on any atom is 0.259 e. The van der Waals surface area contributed by atoms with Crippen molar-refractivity contribution in [2.75, 3.05) is 5.73 Å². The third-order valence-electron chi connectivity index (χ3n) is 5.17. The lowest BCUT2D eigenvalue weighted by Crippen LogP contribution is -2.12. The first-order chi connectivity index (χ1) is 14.9. The van der Waals surface area contributed by atoms with Crippen molar-refractivity contribution in [1.29, 1.82) is 5.26 Å². The van der Waals surface area contributed by atoms with Crippen molar-refractivity contribution in [2.45, 2.75) is 12.3 Å². The van der Waals surface area contributed by atoms with E-state index in [4.69, 9.17) is 28.3 Å². The maximum absolute atomic E-state index is 11.4. The van der Waals surface area contributed by atoms with Gasteiger partial charge in [0.25, 0.3) is 5.91 Å². The predicted molar refractivity (Wildman–Crippen MR) is 122 cm³/mol. The first kappa shape index (κ1) is 20.4. The number of allylic oxidation sites excluding steroid dienone is 4. The zero-order valence-electron chi connectivity index (χ0n) is 16.7. The van der Waals surface area contributed by atoms with Crippen LogP contribution in [0.1, 0.15) is 18.1 Å². The Morgan fingerprint density at radius 2 is 2.16 bits per heavy atom. The predicted octanol–water partition coefficient (Wildman–Crippen LogP) is 3.59. The number of aromatic nitrogens is 3. The van der Waals surface area contributed by atoms with Gasteiger partial charge < -0.3 is 16.0 Å². The highest BCUT2D eigenvalue weighted by Crippen LogP contribution is 2.35. The monoisotopic (exact) mass is 430 g/mol. The highest BCUT2D eigenvalue weighted by molar-refractivity contribution is 6.22. The number of alkyl halides is 1. The van der Waals surface area contributed by atoms with E-state index >= 15 is 0 Å². The van der Waals surface area contributed by atoms with Crippen molar-refractivity contribution in [1.82, 2.24) is 14.5 Å². The lowest BCUT2D eigenvalue weighted by molar-refractivity contribution is -0.114. The van der Waals surface area contributed by atoms with Crippen LogP contribution in [0.4, 0.5) is 5.82 Å². The van der Waals surface area contributed by atoms with Gasteiger partial charge in [-0.05, 0) is 35.3 Å². The summed E-state index contributed by atoms with van der Waals surface area (Å²) in [5, 5.41) is 9.81. The Kier molecular flexibility index (Phi) is 5.32. The summed E-state index contributed by atoms with van der Waals surface area (Å²) in [4.78, 5) is 20.0. The van der Waals surface area contributed by atoms with E-state index in [1.165, 1.54) is 12.4 Å². The summed E-state index contributed by atoms with van der Waals surface area (Å²) in [6, 6.07) is 9.17. The molecule has 7 nitrogen and oxygen atoms in total. The molecule has 2 aromatic heterocycles. The molecule has 0 spiro atoms. The molecule has 0 saturated carbocycles. The number of carbonyl (C=O) groups is 1. The average molecular weight is 431 g/mol. The maximum atomic E-state index is 11.4. The molecule has 1 amide bonds. The number of nitrogen functional groups attached to an aromatic ring is 1. The lowest BCUT2D eigenvalue weighted by atomic mass is 9.93. The van der Waals surface area contributed by atoms with Crippen LogP contribution in [0.3, 0.4) is 0 Å². The standard InChI is InChI=1S/C23H19ClN6O/c1-13-7-15(5-6-19(13)24)18-11-30(23-20(18)21(26)28-12-29-23)17-4-2-3-14(9-17)8-16(10-25)22(27)31/h2-9,11-13,19H,1H3,(H2,27,31)(H2,26,28,29). The number of hydrogen-bond donors (Lipinski definition) is 2. The van der Waals surface area contributed by atoms with Crippen LogP contribution >= 0.6 is 11.6 Å². The van der Waals surface area contributed by atoms with Gasteiger partial charge in [0.05, 0.1) is 10.8 Å². The largest absolute Gasteiger partial charge is 0.383 e. The molecule has 0 radical (unpaired) electrons. The fourth-order valence-electron chi connectivity index (χ4n) is 3.57. The Labute approximate surface area is 184 Å². The molecule has 2 unspecified atom stereocenters. The summed E-state index contributed by atoms with van der Waals surface area (Å²) >= 11 is 6.32. The van der Waals surface area contributed by atoms with E-state index in [1.807, 2.05) is 47.2 Å². The highest BCUT2D eigenvalue weighted by atomic mass is 35.5. The molecule has 4 N–H and O–H groups in total. The number of halogens is 1. The van der Waals surface area contributed by atoms with E-state index in [9.17, 15) is 4.79 Å². The van der Waals surface area contributed by atoms with Gasteiger partial charge in [-0.3, -0.25) is 4.79 Å². The Morgan fingerprint density at radius 1 is 1.35 bits per heavy atom. The summed E-state index contributed by atoms with van der Waals surface area (Å²) in [6.07, 6.45) is 10.9. The third kappa shape index (κ3) is 3.81. The molecule has 1 aliphatic rings.